The van der Waals surface area contributed by atoms with Crippen molar-refractivity contribution in [3.8, 4) is 0 Å². The van der Waals surface area contributed by atoms with E-state index in [4.69, 9.17) is 0 Å². The largest absolute Gasteiger partial charge is 0.389 e. The van der Waals surface area contributed by atoms with Crippen LogP contribution in [0.5, 0.6) is 0 Å². The molecule has 0 saturated heterocycles. The lowest BCUT2D eigenvalue weighted by atomic mass is 10.3. The fraction of sp³-hybridized carbons (Fsp3) is 0.667. The Morgan fingerprint density at radius 2 is 2.00 bits per heavy atom. The van der Waals surface area contributed by atoms with Crippen molar-refractivity contribution >= 4 is 0 Å². The second-order valence-electron chi connectivity index (χ2n) is 1.65. The maximum Gasteiger partial charge on any atom is 0.389 e. The van der Waals surface area contributed by atoms with E-state index in [-0.39, 0.29) is 6.42 Å². The van der Waals surface area contributed by atoms with Crippen molar-refractivity contribution in [3.05, 3.63) is 12.2 Å². The Balaban J connectivity index is 3.28. The molecule has 0 unspecified atom stereocenters. The van der Waals surface area contributed by atoms with Crippen LogP contribution in [0.1, 0.15) is 19.8 Å². The van der Waals surface area contributed by atoms with Crippen LogP contribution in [-0.4, -0.2) is 6.18 Å². The maximum absolute atomic E-state index is 11.3. The molecule has 0 atom stereocenters. The molecule has 0 amide bonds. The minimum absolute atomic E-state index is 0.0417. The van der Waals surface area contributed by atoms with Crippen LogP contribution in [0.15, 0.2) is 6.08 Å². The van der Waals surface area contributed by atoms with Crippen LogP contribution in [0.25, 0.3) is 0 Å². The first-order valence-electron chi connectivity index (χ1n) is 2.62. The Kier molecular flexibility index (Phi) is 3.35. The molecule has 53 valence electrons. The van der Waals surface area contributed by atoms with E-state index in [1.807, 2.05) is 0 Å². The molecule has 0 nitrogen and oxygen atoms in total. The van der Waals surface area contributed by atoms with Gasteiger partial charge in [0, 0.05) is 6.42 Å². The number of allylic oxidation sites excluding steroid dienone is 2. The molecule has 0 aromatic heterocycles. The summed E-state index contributed by atoms with van der Waals surface area (Å²) in [7, 11) is 0. The van der Waals surface area contributed by atoms with E-state index in [2.05, 4.69) is 6.08 Å². The molecule has 0 N–H and O–H groups in total. The molecule has 1 radical (unpaired) electrons. The first-order valence-corrected chi connectivity index (χ1v) is 2.62. The molecule has 9 heavy (non-hydrogen) atoms. The highest BCUT2D eigenvalue weighted by atomic mass is 19.4. The predicted molar refractivity (Wildman–Crippen MR) is 28.8 cm³/mol. The highest BCUT2D eigenvalue weighted by molar-refractivity contribution is 4.71. The lowest BCUT2D eigenvalue weighted by Gasteiger charge is -2.01. The van der Waals surface area contributed by atoms with Crippen LogP contribution in [0.2, 0.25) is 0 Å². The zero-order chi connectivity index (χ0) is 7.33. The van der Waals surface area contributed by atoms with Crippen LogP contribution in [0.3, 0.4) is 0 Å². The zero-order valence-electron chi connectivity index (χ0n) is 5.13. The summed E-state index contributed by atoms with van der Waals surface area (Å²) < 4.78 is 34.0. The van der Waals surface area contributed by atoms with Crippen molar-refractivity contribution in [2.75, 3.05) is 0 Å². The van der Waals surface area contributed by atoms with E-state index in [9.17, 15) is 13.2 Å². The van der Waals surface area contributed by atoms with Crippen molar-refractivity contribution in [1.82, 2.24) is 0 Å². The highest BCUT2D eigenvalue weighted by Crippen LogP contribution is 2.21. The van der Waals surface area contributed by atoms with Gasteiger partial charge < -0.3 is 0 Å². The van der Waals surface area contributed by atoms with Gasteiger partial charge in [-0.3, -0.25) is 0 Å². The minimum atomic E-state index is -4.02. The summed E-state index contributed by atoms with van der Waals surface area (Å²) in [6.07, 6.45) is -0.823. The molecule has 0 saturated carbocycles. The maximum atomic E-state index is 11.3. The second-order valence-corrected chi connectivity index (χ2v) is 1.65. The molecule has 0 aliphatic heterocycles. The van der Waals surface area contributed by atoms with Crippen LogP contribution in [0, 0.1) is 6.08 Å². The van der Waals surface area contributed by atoms with E-state index in [0.29, 0.717) is 0 Å². The lowest BCUT2D eigenvalue weighted by molar-refractivity contribution is -0.133. The fourth-order valence-electron chi connectivity index (χ4n) is 0.380. The van der Waals surface area contributed by atoms with Gasteiger partial charge in [-0.1, -0.05) is 12.2 Å². The smallest absolute Gasteiger partial charge is 0.171 e. The molecule has 0 heterocycles. The van der Waals surface area contributed by atoms with Gasteiger partial charge in [0.15, 0.2) is 0 Å². The van der Waals surface area contributed by atoms with Gasteiger partial charge in [0.05, 0.1) is 0 Å². The van der Waals surface area contributed by atoms with E-state index in [0.717, 1.165) is 0 Å². The van der Waals surface area contributed by atoms with Crippen molar-refractivity contribution in [3.63, 3.8) is 0 Å². The average Bonchev–Trinajstić information content (AvgIpc) is 1.63. The summed E-state index contributed by atoms with van der Waals surface area (Å²) >= 11 is 0. The number of rotatable bonds is 2. The first-order chi connectivity index (χ1) is 4.06. The van der Waals surface area contributed by atoms with Gasteiger partial charge >= 0.3 is 6.18 Å². The van der Waals surface area contributed by atoms with Gasteiger partial charge in [0.25, 0.3) is 0 Å². The van der Waals surface area contributed by atoms with Crippen molar-refractivity contribution in [2.45, 2.75) is 25.9 Å². The Labute approximate surface area is 52.4 Å². The summed E-state index contributed by atoms with van der Waals surface area (Å²) in [6, 6.07) is 0. The zero-order valence-corrected chi connectivity index (χ0v) is 5.13. The van der Waals surface area contributed by atoms with Crippen LogP contribution >= 0.6 is 0 Å². The number of hydrogen-bond donors (Lipinski definition) is 0. The van der Waals surface area contributed by atoms with Gasteiger partial charge in [-0.05, 0) is 13.3 Å². The molecule has 0 aromatic rings. The molecule has 0 aromatic carbocycles. The van der Waals surface area contributed by atoms with Crippen molar-refractivity contribution < 1.29 is 13.2 Å². The molecule has 3 heteroatoms. The second kappa shape index (κ2) is 3.54. The molecule has 0 aliphatic rings. The van der Waals surface area contributed by atoms with Crippen molar-refractivity contribution in [1.29, 1.82) is 0 Å². The van der Waals surface area contributed by atoms with Crippen molar-refractivity contribution in [2.24, 2.45) is 0 Å². The predicted octanol–water partition coefficient (Wildman–Crippen LogP) is 2.71. The van der Waals surface area contributed by atoms with E-state index in [1.165, 1.54) is 6.08 Å². The normalized spacial score (nSPS) is 12.9. The molecule has 0 bridgehead atoms. The minimum Gasteiger partial charge on any atom is -0.171 e. The number of alkyl halides is 3. The lowest BCUT2D eigenvalue weighted by Crippen LogP contribution is -2.05. The molecule has 0 spiro atoms. The summed E-state index contributed by atoms with van der Waals surface area (Å²) in [4.78, 5) is 0. The quantitative estimate of drug-likeness (QED) is 0.548. The van der Waals surface area contributed by atoms with Gasteiger partial charge in [0.2, 0.25) is 0 Å². The monoisotopic (exact) mass is 137 g/mol. The average molecular weight is 137 g/mol. The van der Waals surface area contributed by atoms with E-state index >= 15 is 0 Å². The molecule has 0 aliphatic carbocycles. The summed E-state index contributed by atoms with van der Waals surface area (Å²) in [5.41, 5.74) is 0. The van der Waals surface area contributed by atoms with Crippen LogP contribution in [0.4, 0.5) is 13.2 Å². The third-order valence-corrected chi connectivity index (χ3v) is 0.776. The SMILES string of the molecule is C/[C]=C/CCC(F)(F)F. The Morgan fingerprint density at radius 1 is 1.44 bits per heavy atom. The van der Waals surface area contributed by atoms with Crippen LogP contribution < -0.4 is 0 Å². The Hall–Kier alpha value is -0.470. The third-order valence-electron chi connectivity index (χ3n) is 0.776. The van der Waals surface area contributed by atoms with Gasteiger partial charge in [-0.2, -0.15) is 13.2 Å². The highest BCUT2D eigenvalue weighted by Gasteiger charge is 2.25. The molecule has 0 fully saturated rings. The fourth-order valence-corrected chi connectivity index (χ4v) is 0.380. The topological polar surface area (TPSA) is 0 Å². The molecular formula is C6H8F3. The molecular weight excluding hydrogens is 129 g/mol. The van der Waals surface area contributed by atoms with Gasteiger partial charge in [0.1, 0.15) is 0 Å². The summed E-state index contributed by atoms with van der Waals surface area (Å²) in [6.45, 7) is 1.58. The Bertz CT molecular complexity index is 91.0. The van der Waals surface area contributed by atoms with Gasteiger partial charge in [-0.15, -0.1) is 0 Å². The number of hydrogen-bond acceptors (Lipinski definition) is 0. The summed E-state index contributed by atoms with van der Waals surface area (Å²) in [5.74, 6) is 0. The molecule has 0 rings (SSSR count). The summed E-state index contributed by atoms with van der Waals surface area (Å²) in [5, 5.41) is 0. The Morgan fingerprint density at radius 3 is 2.33 bits per heavy atom. The van der Waals surface area contributed by atoms with Crippen LogP contribution in [-0.2, 0) is 0 Å². The standard InChI is InChI=1S/C6H8F3/c1-2-3-4-5-6(7,8)9/h3H,4-5H2,1H3. The third kappa shape index (κ3) is 7.53. The number of halogens is 3. The van der Waals surface area contributed by atoms with E-state index < -0.39 is 12.6 Å². The van der Waals surface area contributed by atoms with E-state index in [1.54, 1.807) is 6.92 Å². The van der Waals surface area contributed by atoms with Gasteiger partial charge in [-0.25, -0.2) is 0 Å². The first kappa shape index (κ1) is 8.53.